The Balaban J connectivity index is 1.56. The Morgan fingerprint density at radius 2 is 2.00 bits per heavy atom. The molecule has 5 heteroatoms. The van der Waals surface area contributed by atoms with Crippen molar-refractivity contribution < 1.29 is 9.13 Å². The zero-order valence-electron chi connectivity index (χ0n) is 13.4. The van der Waals surface area contributed by atoms with Crippen molar-refractivity contribution >= 4 is 17.3 Å². The number of rotatable bonds is 1. The average molecular weight is 323 g/mol. The molecule has 0 radical (unpaired) electrons. The summed E-state index contributed by atoms with van der Waals surface area (Å²) in [5.41, 5.74) is 4.28. The number of hydrogen-bond acceptors (Lipinski definition) is 4. The van der Waals surface area contributed by atoms with Crippen LogP contribution in [-0.2, 0) is 4.74 Å². The van der Waals surface area contributed by atoms with Crippen molar-refractivity contribution in [3.8, 4) is 0 Å². The Kier molecular flexibility index (Phi) is 3.07. The lowest BCUT2D eigenvalue weighted by molar-refractivity contribution is -0.00305. The second-order valence-electron chi connectivity index (χ2n) is 6.88. The van der Waals surface area contributed by atoms with E-state index < -0.39 is 0 Å². The molecule has 0 amide bonds. The first-order valence-corrected chi connectivity index (χ1v) is 8.56. The molecule has 1 saturated carbocycles. The van der Waals surface area contributed by atoms with Crippen molar-refractivity contribution in [3.63, 3.8) is 0 Å². The fourth-order valence-corrected chi connectivity index (χ4v) is 4.15. The van der Waals surface area contributed by atoms with Crippen LogP contribution in [0.25, 0.3) is 0 Å². The molecule has 1 spiro atoms. The minimum absolute atomic E-state index is 0.0398. The van der Waals surface area contributed by atoms with Gasteiger partial charge in [-0.25, -0.2) is 14.4 Å². The summed E-state index contributed by atoms with van der Waals surface area (Å²) in [5, 5.41) is 0. The lowest BCUT2D eigenvalue weighted by atomic mass is 9.78. The smallest absolute Gasteiger partial charge is 0.174 e. The van der Waals surface area contributed by atoms with Gasteiger partial charge in [-0.3, -0.25) is 4.99 Å². The predicted octanol–water partition coefficient (Wildman–Crippen LogP) is 3.47. The molecule has 3 heterocycles. The monoisotopic (exact) mass is 323 g/mol. The van der Waals surface area contributed by atoms with Crippen LogP contribution in [0.1, 0.15) is 37.7 Å². The maximum atomic E-state index is 14.1. The van der Waals surface area contributed by atoms with E-state index in [0.717, 1.165) is 61.5 Å². The van der Waals surface area contributed by atoms with Gasteiger partial charge in [-0.05, 0) is 31.7 Å². The van der Waals surface area contributed by atoms with Crippen molar-refractivity contribution in [2.75, 3.05) is 13.2 Å². The number of fused-ring (bicyclic) bond motifs is 2. The van der Waals surface area contributed by atoms with Gasteiger partial charge in [-0.1, -0.05) is 18.2 Å². The lowest BCUT2D eigenvalue weighted by Gasteiger charge is -2.33. The molecule has 5 rings (SSSR count). The third-order valence-corrected chi connectivity index (χ3v) is 5.40. The Hall–Kier alpha value is -2.14. The van der Waals surface area contributed by atoms with Crippen LogP contribution in [0.15, 0.2) is 50.5 Å². The summed E-state index contributed by atoms with van der Waals surface area (Å²) in [5.74, 6) is 0.467. The molecule has 1 atom stereocenters. The number of nitrogens with zero attached hydrogens (tertiary/aromatic N) is 3. The first kappa shape index (κ1) is 14.2. The third kappa shape index (κ3) is 2.11. The molecular formula is C19H18FN3O. The highest BCUT2D eigenvalue weighted by Crippen LogP contribution is 2.44. The summed E-state index contributed by atoms with van der Waals surface area (Å²) in [6.45, 7) is 1.23. The van der Waals surface area contributed by atoms with E-state index in [1.165, 1.54) is 6.07 Å². The first-order chi connectivity index (χ1) is 11.7. The molecule has 4 aliphatic rings. The maximum absolute atomic E-state index is 14.1. The molecule has 0 bridgehead atoms. The van der Waals surface area contributed by atoms with E-state index >= 15 is 0 Å². The molecule has 1 aromatic rings. The van der Waals surface area contributed by atoms with Crippen molar-refractivity contribution in [2.45, 2.75) is 37.7 Å². The van der Waals surface area contributed by atoms with Gasteiger partial charge in [0, 0.05) is 29.9 Å². The van der Waals surface area contributed by atoms with Crippen molar-refractivity contribution in [1.82, 2.24) is 0 Å². The topological polar surface area (TPSA) is 46.3 Å². The van der Waals surface area contributed by atoms with Gasteiger partial charge in [0.15, 0.2) is 5.84 Å². The fraction of sp³-hybridized carbons (Fsp3) is 0.421. The summed E-state index contributed by atoms with van der Waals surface area (Å²) >= 11 is 0. The molecule has 0 N–H and O–H groups in total. The number of ether oxygens (including phenoxy) is 1. The molecule has 1 aliphatic carbocycles. The van der Waals surface area contributed by atoms with E-state index in [9.17, 15) is 4.39 Å². The van der Waals surface area contributed by atoms with Crippen LogP contribution in [-0.4, -0.2) is 36.0 Å². The standard InChI is InChI=1S/C19H18FN3O/c20-14-5-2-1-4-12(14)16-11-21-18-17(22-16)13-10-19(7-3-9-24-19)8-6-15(13)23-18/h1-2,4-5H,3,6-11H2. The minimum Gasteiger partial charge on any atom is -0.375 e. The molecule has 0 aromatic heterocycles. The van der Waals surface area contributed by atoms with Crippen LogP contribution in [0.2, 0.25) is 0 Å². The fourth-order valence-electron chi connectivity index (χ4n) is 4.15. The number of amidine groups is 1. The highest BCUT2D eigenvalue weighted by molar-refractivity contribution is 6.24. The molecule has 24 heavy (non-hydrogen) atoms. The highest BCUT2D eigenvalue weighted by Gasteiger charge is 2.43. The summed E-state index contributed by atoms with van der Waals surface area (Å²) in [4.78, 5) is 14.0. The van der Waals surface area contributed by atoms with E-state index in [4.69, 9.17) is 9.73 Å². The molecular weight excluding hydrogens is 305 g/mol. The zero-order chi connectivity index (χ0) is 16.1. The van der Waals surface area contributed by atoms with Crippen LogP contribution in [0, 0.1) is 5.82 Å². The van der Waals surface area contributed by atoms with Crippen molar-refractivity contribution in [1.29, 1.82) is 0 Å². The van der Waals surface area contributed by atoms with Crippen LogP contribution < -0.4 is 0 Å². The van der Waals surface area contributed by atoms with Gasteiger partial charge in [0.25, 0.3) is 0 Å². The second kappa shape index (κ2) is 5.18. The second-order valence-corrected chi connectivity index (χ2v) is 6.88. The van der Waals surface area contributed by atoms with E-state index in [0.29, 0.717) is 17.8 Å². The molecule has 2 fully saturated rings. The Morgan fingerprint density at radius 3 is 2.83 bits per heavy atom. The normalized spacial score (nSPS) is 28.5. The molecule has 3 aliphatic heterocycles. The summed E-state index contributed by atoms with van der Waals surface area (Å²) in [6.07, 6.45) is 5.03. The van der Waals surface area contributed by atoms with E-state index in [1.807, 2.05) is 6.07 Å². The molecule has 1 saturated heterocycles. The van der Waals surface area contributed by atoms with Gasteiger partial charge in [0.2, 0.25) is 0 Å². The number of halogens is 1. The molecule has 1 aromatic carbocycles. The zero-order valence-corrected chi connectivity index (χ0v) is 13.4. The van der Waals surface area contributed by atoms with E-state index in [1.54, 1.807) is 12.1 Å². The highest BCUT2D eigenvalue weighted by atomic mass is 19.1. The number of benzene rings is 1. The number of aliphatic imine (C=N–C) groups is 3. The predicted molar refractivity (Wildman–Crippen MR) is 91.5 cm³/mol. The Bertz CT molecular complexity index is 844. The largest absolute Gasteiger partial charge is 0.375 e. The van der Waals surface area contributed by atoms with Gasteiger partial charge in [-0.15, -0.1) is 0 Å². The Labute approximate surface area is 139 Å². The van der Waals surface area contributed by atoms with Crippen LogP contribution in [0.5, 0.6) is 0 Å². The van der Waals surface area contributed by atoms with Gasteiger partial charge in [-0.2, -0.15) is 0 Å². The van der Waals surface area contributed by atoms with Crippen LogP contribution >= 0.6 is 0 Å². The van der Waals surface area contributed by atoms with E-state index in [2.05, 4.69) is 9.98 Å². The van der Waals surface area contributed by atoms with Gasteiger partial charge in [0.1, 0.15) is 11.5 Å². The maximum Gasteiger partial charge on any atom is 0.174 e. The first-order valence-electron chi connectivity index (χ1n) is 8.56. The van der Waals surface area contributed by atoms with Gasteiger partial charge in [0.05, 0.1) is 17.9 Å². The van der Waals surface area contributed by atoms with Gasteiger partial charge < -0.3 is 4.74 Å². The number of hydrogen-bond donors (Lipinski definition) is 0. The average Bonchev–Trinajstić information content (AvgIpc) is 3.20. The van der Waals surface area contributed by atoms with Crippen molar-refractivity contribution in [3.05, 3.63) is 46.9 Å². The van der Waals surface area contributed by atoms with Crippen LogP contribution in [0.4, 0.5) is 4.39 Å². The van der Waals surface area contributed by atoms with E-state index in [-0.39, 0.29) is 11.4 Å². The molecule has 4 nitrogen and oxygen atoms in total. The quantitative estimate of drug-likeness (QED) is 0.780. The SMILES string of the molecule is Fc1ccccc1C1=NC2=C3CC4(CCCO4)CCC3=NC2=NC1. The summed E-state index contributed by atoms with van der Waals surface area (Å²) in [7, 11) is 0. The molecule has 1 unspecified atom stereocenters. The van der Waals surface area contributed by atoms with Crippen molar-refractivity contribution in [2.24, 2.45) is 15.0 Å². The summed E-state index contributed by atoms with van der Waals surface area (Å²) in [6, 6.07) is 6.75. The minimum atomic E-state index is -0.251. The molecule has 122 valence electrons. The third-order valence-electron chi connectivity index (χ3n) is 5.40. The summed E-state index contributed by atoms with van der Waals surface area (Å²) < 4.78 is 20.2. The Morgan fingerprint density at radius 1 is 1.08 bits per heavy atom. The lowest BCUT2D eigenvalue weighted by Crippen LogP contribution is -2.34. The van der Waals surface area contributed by atoms with Crippen LogP contribution in [0.3, 0.4) is 0 Å². The van der Waals surface area contributed by atoms with Gasteiger partial charge >= 0.3 is 0 Å².